The van der Waals surface area contributed by atoms with Crippen LogP contribution in [0.15, 0.2) is 24.3 Å². The quantitative estimate of drug-likeness (QED) is 0.897. The minimum atomic E-state index is -0.432. The van der Waals surface area contributed by atoms with Gasteiger partial charge in [0.05, 0.1) is 0 Å². The molecule has 1 aromatic rings. The van der Waals surface area contributed by atoms with Crippen molar-refractivity contribution in [3.8, 4) is 0 Å². The van der Waals surface area contributed by atoms with E-state index in [1.54, 1.807) is 0 Å². The SMILES string of the molecule is CC1CC(NC(=O)C(C)(C)Cc2cccc(Cl)c2)CCN1. The van der Waals surface area contributed by atoms with E-state index in [4.69, 9.17) is 11.6 Å². The summed E-state index contributed by atoms with van der Waals surface area (Å²) in [6, 6.07) is 8.50. The molecule has 1 fully saturated rings. The third kappa shape index (κ3) is 4.72. The summed E-state index contributed by atoms with van der Waals surface area (Å²) < 4.78 is 0. The van der Waals surface area contributed by atoms with Crippen LogP contribution in [0.3, 0.4) is 0 Å². The van der Waals surface area contributed by atoms with Crippen molar-refractivity contribution in [1.82, 2.24) is 10.6 Å². The third-order valence-corrected chi connectivity index (χ3v) is 4.34. The minimum Gasteiger partial charge on any atom is -0.353 e. The number of carbonyl (C=O) groups is 1. The monoisotopic (exact) mass is 308 g/mol. The first kappa shape index (κ1) is 16.3. The van der Waals surface area contributed by atoms with Gasteiger partial charge in [-0.05, 0) is 50.4 Å². The molecule has 2 N–H and O–H groups in total. The van der Waals surface area contributed by atoms with Crippen LogP contribution in [-0.2, 0) is 11.2 Å². The molecule has 0 radical (unpaired) electrons. The molecule has 116 valence electrons. The fourth-order valence-corrected chi connectivity index (χ4v) is 3.09. The Morgan fingerprint density at radius 1 is 1.48 bits per heavy atom. The maximum Gasteiger partial charge on any atom is 0.226 e. The van der Waals surface area contributed by atoms with Crippen LogP contribution >= 0.6 is 11.6 Å². The molecule has 2 unspecified atom stereocenters. The molecule has 2 rings (SSSR count). The van der Waals surface area contributed by atoms with Gasteiger partial charge >= 0.3 is 0 Å². The molecule has 3 nitrogen and oxygen atoms in total. The summed E-state index contributed by atoms with van der Waals surface area (Å²) in [4.78, 5) is 12.6. The lowest BCUT2D eigenvalue weighted by molar-refractivity contribution is -0.130. The van der Waals surface area contributed by atoms with Crippen molar-refractivity contribution < 1.29 is 4.79 Å². The molecule has 1 amide bonds. The topological polar surface area (TPSA) is 41.1 Å². The summed E-state index contributed by atoms with van der Waals surface area (Å²) in [6.45, 7) is 7.12. The van der Waals surface area contributed by atoms with Crippen LogP contribution in [0.25, 0.3) is 0 Å². The van der Waals surface area contributed by atoms with Gasteiger partial charge in [0.15, 0.2) is 0 Å². The Bertz CT molecular complexity index is 501. The van der Waals surface area contributed by atoms with E-state index in [9.17, 15) is 4.79 Å². The predicted molar refractivity (Wildman–Crippen MR) is 87.6 cm³/mol. The number of rotatable bonds is 4. The zero-order valence-corrected chi connectivity index (χ0v) is 13.8. The Hall–Kier alpha value is -1.06. The summed E-state index contributed by atoms with van der Waals surface area (Å²) in [6.07, 6.45) is 2.70. The fraction of sp³-hybridized carbons (Fsp3) is 0.588. The van der Waals surface area contributed by atoms with Gasteiger partial charge in [-0.25, -0.2) is 0 Å². The fourth-order valence-electron chi connectivity index (χ4n) is 2.88. The van der Waals surface area contributed by atoms with Crippen LogP contribution < -0.4 is 10.6 Å². The van der Waals surface area contributed by atoms with Crippen LogP contribution in [0.5, 0.6) is 0 Å². The maximum atomic E-state index is 12.6. The first-order valence-corrected chi connectivity index (χ1v) is 8.03. The van der Waals surface area contributed by atoms with E-state index in [-0.39, 0.29) is 11.9 Å². The van der Waals surface area contributed by atoms with Gasteiger partial charge in [-0.15, -0.1) is 0 Å². The molecular formula is C17H25ClN2O. The number of piperidine rings is 1. The normalized spacial score (nSPS) is 22.9. The summed E-state index contributed by atoms with van der Waals surface area (Å²) in [7, 11) is 0. The van der Waals surface area contributed by atoms with Crippen molar-refractivity contribution in [1.29, 1.82) is 0 Å². The molecule has 1 heterocycles. The Balaban J connectivity index is 1.96. The summed E-state index contributed by atoms with van der Waals surface area (Å²) in [5.41, 5.74) is 0.667. The largest absolute Gasteiger partial charge is 0.353 e. The Morgan fingerprint density at radius 3 is 2.90 bits per heavy atom. The molecule has 1 saturated heterocycles. The van der Waals surface area contributed by atoms with Crippen LogP contribution in [0, 0.1) is 5.41 Å². The molecule has 1 aliphatic rings. The first-order valence-electron chi connectivity index (χ1n) is 7.65. The third-order valence-electron chi connectivity index (χ3n) is 4.11. The van der Waals surface area contributed by atoms with Gasteiger partial charge in [0, 0.05) is 22.5 Å². The minimum absolute atomic E-state index is 0.126. The number of hydrogen-bond acceptors (Lipinski definition) is 2. The van der Waals surface area contributed by atoms with Crippen molar-refractivity contribution in [2.75, 3.05) is 6.54 Å². The smallest absolute Gasteiger partial charge is 0.226 e. The number of carbonyl (C=O) groups excluding carboxylic acids is 1. The second-order valence-corrected chi connectivity index (χ2v) is 7.18. The highest BCUT2D eigenvalue weighted by Crippen LogP contribution is 2.24. The number of nitrogens with one attached hydrogen (secondary N) is 2. The summed E-state index contributed by atoms with van der Waals surface area (Å²) >= 11 is 6.02. The van der Waals surface area contributed by atoms with Gasteiger partial charge in [-0.2, -0.15) is 0 Å². The highest BCUT2D eigenvalue weighted by Gasteiger charge is 2.30. The molecule has 1 aromatic carbocycles. The van der Waals surface area contributed by atoms with Crippen molar-refractivity contribution >= 4 is 17.5 Å². The molecule has 0 spiro atoms. The molecule has 0 bridgehead atoms. The predicted octanol–water partition coefficient (Wildman–Crippen LogP) is 3.17. The van der Waals surface area contributed by atoms with Gasteiger partial charge in [0.1, 0.15) is 0 Å². The number of halogens is 1. The van der Waals surface area contributed by atoms with E-state index >= 15 is 0 Å². The van der Waals surface area contributed by atoms with E-state index in [1.165, 1.54) is 0 Å². The van der Waals surface area contributed by atoms with Crippen molar-refractivity contribution in [2.24, 2.45) is 5.41 Å². The van der Waals surface area contributed by atoms with E-state index < -0.39 is 5.41 Å². The molecular weight excluding hydrogens is 284 g/mol. The second-order valence-electron chi connectivity index (χ2n) is 6.74. The van der Waals surface area contributed by atoms with Gasteiger partial charge in [0.2, 0.25) is 5.91 Å². The average Bonchev–Trinajstić information content (AvgIpc) is 2.38. The first-order chi connectivity index (χ1) is 9.87. The van der Waals surface area contributed by atoms with Crippen LogP contribution in [0.4, 0.5) is 0 Å². The lowest BCUT2D eigenvalue weighted by atomic mass is 9.84. The van der Waals surface area contributed by atoms with Gasteiger partial charge < -0.3 is 10.6 Å². The maximum absolute atomic E-state index is 12.6. The lowest BCUT2D eigenvalue weighted by Crippen LogP contribution is -2.50. The highest BCUT2D eigenvalue weighted by atomic mass is 35.5. The van der Waals surface area contributed by atoms with E-state index in [0.29, 0.717) is 12.5 Å². The summed E-state index contributed by atoms with van der Waals surface area (Å²) in [5, 5.41) is 7.33. The Kier molecular flexibility index (Phi) is 5.28. The Morgan fingerprint density at radius 2 is 2.24 bits per heavy atom. The average molecular weight is 309 g/mol. The second kappa shape index (κ2) is 6.80. The summed E-state index contributed by atoms with van der Waals surface area (Å²) in [5.74, 6) is 0.126. The van der Waals surface area contributed by atoms with Crippen molar-refractivity contribution in [3.63, 3.8) is 0 Å². The molecule has 21 heavy (non-hydrogen) atoms. The molecule has 4 heteroatoms. The van der Waals surface area contributed by atoms with E-state index in [0.717, 1.165) is 30.0 Å². The number of hydrogen-bond donors (Lipinski definition) is 2. The van der Waals surface area contributed by atoms with Gasteiger partial charge in [0.25, 0.3) is 0 Å². The zero-order chi connectivity index (χ0) is 15.5. The van der Waals surface area contributed by atoms with E-state index in [1.807, 2.05) is 38.1 Å². The molecule has 0 aromatic heterocycles. The van der Waals surface area contributed by atoms with Crippen molar-refractivity contribution in [2.45, 2.75) is 52.1 Å². The van der Waals surface area contributed by atoms with Gasteiger partial charge in [-0.1, -0.05) is 37.6 Å². The van der Waals surface area contributed by atoms with Crippen LogP contribution in [0.1, 0.15) is 39.2 Å². The molecule has 0 saturated carbocycles. The van der Waals surface area contributed by atoms with Crippen LogP contribution in [-0.4, -0.2) is 24.5 Å². The van der Waals surface area contributed by atoms with Crippen LogP contribution in [0.2, 0.25) is 5.02 Å². The number of benzene rings is 1. The molecule has 0 aliphatic carbocycles. The zero-order valence-electron chi connectivity index (χ0n) is 13.1. The highest BCUT2D eigenvalue weighted by molar-refractivity contribution is 6.30. The van der Waals surface area contributed by atoms with E-state index in [2.05, 4.69) is 17.6 Å². The molecule has 1 aliphatic heterocycles. The van der Waals surface area contributed by atoms with Gasteiger partial charge in [-0.3, -0.25) is 4.79 Å². The van der Waals surface area contributed by atoms with Crippen molar-refractivity contribution in [3.05, 3.63) is 34.9 Å². The lowest BCUT2D eigenvalue weighted by Gasteiger charge is -2.32. The molecule has 2 atom stereocenters. The Labute approximate surface area is 132 Å². The number of amides is 1. The standard InChI is InChI=1S/C17H25ClN2O/c1-12-9-15(7-8-19-12)20-16(21)17(2,3)11-13-5-4-6-14(18)10-13/h4-6,10,12,15,19H,7-9,11H2,1-3H3,(H,20,21).